The van der Waals surface area contributed by atoms with Crippen LogP contribution in [0.4, 0.5) is 0 Å². The molecule has 0 spiro atoms. The second-order valence-corrected chi connectivity index (χ2v) is 2.21. The Kier molecular flexibility index (Phi) is 2.01. The van der Waals surface area contributed by atoms with Crippen LogP contribution in [0, 0.1) is 0 Å². The van der Waals surface area contributed by atoms with Gasteiger partial charge in [0.1, 0.15) is 0 Å². The second kappa shape index (κ2) is 2.78. The normalized spacial score (nSPS) is 18.9. The van der Waals surface area contributed by atoms with Crippen LogP contribution in [0.5, 0.6) is 0 Å². The van der Waals surface area contributed by atoms with Crippen LogP contribution in [0.3, 0.4) is 0 Å². The minimum absolute atomic E-state index is 0.586. The van der Waals surface area contributed by atoms with Crippen LogP contribution in [0.2, 0.25) is 0 Å². The van der Waals surface area contributed by atoms with Crippen molar-refractivity contribution in [2.24, 2.45) is 10.7 Å². The lowest BCUT2D eigenvalue weighted by Gasteiger charge is -2.08. The van der Waals surface area contributed by atoms with Crippen LogP contribution in [-0.4, -0.2) is 18.8 Å². The van der Waals surface area contributed by atoms with Gasteiger partial charge in [0, 0.05) is 13.1 Å². The Morgan fingerprint density at radius 1 is 1.78 bits per heavy atom. The molecule has 0 aromatic rings. The first-order valence-electron chi connectivity index (χ1n) is 3.25. The summed E-state index contributed by atoms with van der Waals surface area (Å²) in [7, 11) is 0. The van der Waals surface area contributed by atoms with E-state index in [2.05, 4.69) is 18.0 Å². The minimum Gasteiger partial charge on any atom is -0.325 e. The van der Waals surface area contributed by atoms with Gasteiger partial charge in [0.15, 0.2) is 0 Å². The number of nitrogens with two attached hydrogens (primary N) is 1. The van der Waals surface area contributed by atoms with E-state index >= 15 is 0 Å². The number of hydrogen-bond donors (Lipinski definition) is 1. The molecule has 0 fully saturated rings. The van der Waals surface area contributed by atoms with Crippen molar-refractivity contribution in [1.29, 1.82) is 0 Å². The zero-order chi connectivity index (χ0) is 6.69. The SMILES string of the molecule is CC1=CCCN=C1CN. The van der Waals surface area contributed by atoms with E-state index in [0.29, 0.717) is 6.54 Å². The Morgan fingerprint density at radius 2 is 2.56 bits per heavy atom. The van der Waals surface area contributed by atoms with Gasteiger partial charge in [0.2, 0.25) is 0 Å². The third kappa shape index (κ3) is 1.39. The number of aliphatic imine (C=N–C) groups is 1. The van der Waals surface area contributed by atoms with Gasteiger partial charge >= 0.3 is 0 Å². The van der Waals surface area contributed by atoms with E-state index in [0.717, 1.165) is 18.7 Å². The fraction of sp³-hybridized carbons (Fsp3) is 0.571. The highest BCUT2D eigenvalue weighted by Crippen LogP contribution is 2.04. The lowest BCUT2D eigenvalue weighted by Crippen LogP contribution is -2.17. The summed E-state index contributed by atoms with van der Waals surface area (Å²) in [5.74, 6) is 0. The van der Waals surface area contributed by atoms with Gasteiger partial charge in [0.05, 0.1) is 5.71 Å². The van der Waals surface area contributed by atoms with Gasteiger partial charge in [-0.25, -0.2) is 0 Å². The van der Waals surface area contributed by atoms with Crippen LogP contribution in [0.1, 0.15) is 13.3 Å². The molecule has 2 heteroatoms. The fourth-order valence-corrected chi connectivity index (χ4v) is 0.949. The second-order valence-electron chi connectivity index (χ2n) is 2.21. The van der Waals surface area contributed by atoms with E-state index in [1.807, 2.05) is 0 Å². The third-order valence-corrected chi connectivity index (χ3v) is 1.53. The molecule has 50 valence electrons. The molecule has 0 aliphatic carbocycles. The predicted molar refractivity (Wildman–Crippen MR) is 39.7 cm³/mol. The topological polar surface area (TPSA) is 38.4 Å². The largest absolute Gasteiger partial charge is 0.325 e. The summed E-state index contributed by atoms with van der Waals surface area (Å²) in [5, 5.41) is 0. The first kappa shape index (κ1) is 6.49. The maximum atomic E-state index is 5.42. The summed E-state index contributed by atoms with van der Waals surface area (Å²) in [6, 6.07) is 0. The van der Waals surface area contributed by atoms with E-state index in [1.165, 1.54) is 5.57 Å². The average Bonchev–Trinajstić information content (AvgIpc) is 1.89. The summed E-state index contributed by atoms with van der Waals surface area (Å²) in [5.41, 5.74) is 7.75. The average molecular weight is 124 g/mol. The maximum absolute atomic E-state index is 5.42. The molecule has 2 nitrogen and oxygen atoms in total. The molecular weight excluding hydrogens is 112 g/mol. The van der Waals surface area contributed by atoms with Gasteiger partial charge in [-0.1, -0.05) is 6.08 Å². The van der Waals surface area contributed by atoms with Crippen molar-refractivity contribution in [2.75, 3.05) is 13.1 Å². The molecule has 0 radical (unpaired) electrons. The van der Waals surface area contributed by atoms with E-state index in [9.17, 15) is 0 Å². The first-order chi connectivity index (χ1) is 4.34. The summed E-state index contributed by atoms with van der Waals surface area (Å²) in [6.45, 7) is 3.57. The molecule has 0 bridgehead atoms. The molecule has 9 heavy (non-hydrogen) atoms. The maximum Gasteiger partial charge on any atom is 0.0510 e. The van der Waals surface area contributed by atoms with Crippen LogP contribution < -0.4 is 5.73 Å². The molecule has 0 aromatic heterocycles. The highest BCUT2D eigenvalue weighted by Gasteiger charge is 2.01. The Bertz CT molecular complexity index is 156. The number of nitrogens with zero attached hydrogens (tertiary/aromatic N) is 1. The smallest absolute Gasteiger partial charge is 0.0510 e. The fourth-order valence-electron chi connectivity index (χ4n) is 0.949. The van der Waals surface area contributed by atoms with Crippen LogP contribution in [0.25, 0.3) is 0 Å². The molecule has 1 rings (SSSR count). The van der Waals surface area contributed by atoms with Crippen molar-refractivity contribution in [3.8, 4) is 0 Å². The predicted octanol–water partition coefficient (Wildman–Crippen LogP) is 0.736. The van der Waals surface area contributed by atoms with Crippen LogP contribution in [0.15, 0.2) is 16.6 Å². The molecule has 1 heterocycles. The Hall–Kier alpha value is -0.630. The lowest BCUT2D eigenvalue weighted by molar-refractivity contribution is 0.968. The first-order valence-corrected chi connectivity index (χ1v) is 3.25. The Morgan fingerprint density at radius 3 is 3.00 bits per heavy atom. The minimum atomic E-state index is 0.586. The lowest BCUT2D eigenvalue weighted by atomic mass is 10.1. The van der Waals surface area contributed by atoms with Crippen molar-refractivity contribution in [2.45, 2.75) is 13.3 Å². The summed E-state index contributed by atoms with van der Waals surface area (Å²) in [6.07, 6.45) is 3.27. The van der Waals surface area contributed by atoms with E-state index in [4.69, 9.17) is 5.73 Å². The van der Waals surface area contributed by atoms with Gasteiger partial charge < -0.3 is 5.73 Å². The third-order valence-electron chi connectivity index (χ3n) is 1.53. The van der Waals surface area contributed by atoms with Crippen LogP contribution in [-0.2, 0) is 0 Å². The van der Waals surface area contributed by atoms with E-state index in [1.54, 1.807) is 0 Å². The molecule has 2 N–H and O–H groups in total. The summed E-state index contributed by atoms with van der Waals surface area (Å²) in [4.78, 5) is 4.25. The van der Waals surface area contributed by atoms with Crippen LogP contribution >= 0.6 is 0 Å². The van der Waals surface area contributed by atoms with Crippen molar-refractivity contribution >= 4 is 5.71 Å². The number of hydrogen-bond acceptors (Lipinski definition) is 2. The van der Waals surface area contributed by atoms with E-state index in [-0.39, 0.29) is 0 Å². The molecule has 0 aromatic carbocycles. The van der Waals surface area contributed by atoms with Crippen molar-refractivity contribution in [3.63, 3.8) is 0 Å². The molecular formula is C7H12N2. The number of dihydropyridines is 1. The van der Waals surface area contributed by atoms with Gasteiger partial charge in [-0.2, -0.15) is 0 Å². The molecule has 1 aliphatic rings. The molecule has 1 aliphatic heterocycles. The number of rotatable bonds is 1. The van der Waals surface area contributed by atoms with Gasteiger partial charge in [-0.3, -0.25) is 4.99 Å². The van der Waals surface area contributed by atoms with Crippen molar-refractivity contribution in [3.05, 3.63) is 11.6 Å². The van der Waals surface area contributed by atoms with E-state index < -0.39 is 0 Å². The van der Waals surface area contributed by atoms with Gasteiger partial charge in [-0.05, 0) is 18.9 Å². The highest BCUT2D eigenvalue weighted by molar-refractivity contribution is 6.01. The molecule has 0 amide bonds. The zero-order valence-electron chi connectivity index (χ0n) is 5.72. The Balaban J connectivity index is 2.68. The standard InChI is InChI=1S/C7H12N2/c1-6-3-2-4-9-7(6)5-8/h3H,2,4-5,8H2,1H3. The molecule has 0 saturated heterocycles. The quantitative estimate of drug-likeness (QED) is 0.550. The van der Waals surface area contributed by atoms with Crippen molar-refractivity contribution in [1.82, 2.24) is 0 Å². The molecule has 0 atom stereocenters. The molecule has 0 unspecified atom stereocenters. The summed E-state index contributed by atoms with van der Waals surface area (Å²) >= 11 is 0. The monoisotopic (exact) mass is 124 g/mol. The highest BCUT2D eigenvalue weighted by atomic mass is 14.8. The van der Waals surface area contributed by atoms with Gasteiger partial charge in [0.25, 0.3) is 0 Å². The van der Waals surface area contributed by atoms with Gasteiger partial charge in [-0.15, -0.1) is 0 Å². The van der Waals surface area contributed by atoms with Crippen molar-refractivity contribution < 1.29 is 0 Å². The zero-order valence-corrected chi connectivity index (χ0v) is 5.72. The Labute approximate surface area is 55.5 Å². The summed E-state index contributed by atoms with van der Waals surface area (Å²) < 4.78 is 0. The molecule has 0 saturated carbocycles.